The lowest BCUT2D eigenvalue weighted by molar-refractivity contribution is 0.571. The first-order valence-corrected chi connectivity index (χ1v) is 20.7. The first kappa shape index (κ1) is 35.9. The Morgan fingerprint density at radius 2 is 0.588 bits per heavy atom. The van der Waals surface area contributed by atoms with Crippen LogP contribution >= 0.6 is 34.0 Å². The Balaban J connectivity index is 1.66. The van der Waals surface area contributed by atoms with Crippen molar-refractivity contribution in [2.75, 3.05) is 0 Å². The second kappa shape index (κ2) is 12.6. The van der Waals surface area contributed by atoms with Crippen molar-refractivity contribution in [1.29, 1.82) is 0 Å². The highest BCUT2D eigenvalue weighted by Crippen LogP contribution is 2.60. The van der Waals surface area contributed by atoms with Crippen LogP contribution in [-0.4, -0.2) is 0 Å². The molecule has 0 saturated heterocycles. The highest BCUT2D eigenvalue weighted by molar-refractivity contribution is 7.41. The van der Waals surface area contributed by atoms with Crippen molar-refractivity contribution in [2.45, 2.75) is 105 Å². The SMILES string of the molecule is CC(C)(C)c1cccc(C(C)(C)C)c1-c1sc2c(sc3c(-c4ccccc4)c(-c4c(C(C)(C)C)cccc4C(C)(C)C)sc32)c1-c1ccccc1. The number of benzene rings is 4. The number of thiophene rings is 3. The second-order valence-electron chi connectivity index (χ2n) is 18.2. The fourth-order valence-corrected chi connectivity index (χ4v) is 12.3. The van der Waals surface area contributed by atoms with Crippen LogP contribution in [0.4, 0.5) is 0 Å². The van der Waals surface area contributed by atoms with Gasteiger partial charge in [-0.1, -0.05) is 180 Å². The summed E-state index contributed by atoms with van der Waals surface area (Å²) in [6, 6.07) is 36.4. The molecule has 3 aromatic heterocycles. The molecule has 3 heteroatoms. The van der Waals surface area contributed by atoms with Gasteiger partial charge in [0, 0.05) is 20.9 Å². The molecule has 0 aliphatic rings. The summed E-state index contributed by atoms with van der Waals surface area (Å²) < 4.78 is 5.67. The highest BCUT2D eigenvalue weighted by atomic mass is 32.1. The average molecular weight is 725 g/mol. The Hall–Kier alpha value is -3.50. The molecule has 0 aliphatic heterocycles. The van der Waals surface area contributed by atoms with Crippen molar-refractivity contribution in [3.63, 3.8) is 0 Å². The van der Waals surface area contributed by atoms with Gasteiger partial charge in [0.05, 0.1) is 18.8 Å². The quantitative estimate of drug-likeness (QED) is 0.170. The lowest BCUT2D eigenvalue weighted by atomic mass is 9.75. The van der Waals surface area contributed by atoms with Gasteiger partial charge in [0.25, 0.3) is 0 Å². The number of fused-ring (bicyclic) bond motifs is 3. The van der Waals surface area contributed by atoms with Gasteiger partial charge in [-0.3, -0.25) is 0 Å². The molecule has 0 N–H and O–H groups in total. The van der Waals surface area contributed by atoms with Gasteiger partial charge in [-0.25, -0.2) is 0 Å². The number of hydrogen-bond donors (Lipinski definition) is 0. The Morgan fingerprint density at radius 1 is 0.294 bits per heavy atom. The normalized spacial score (nSPS) is 13.1. The molecule has 0 fully saturated rings. The van der Waals surface area contributed by atoms with Crippen LogP contribution in [0.5, 0.6) is 0 Å². The molecule has 7 aromatic rings. The molecule has 3 heterocycles. The second-order valence-corrected chi connectivity index (χ2v) is 21.3. The molecule has 7 rings (SSSR count). The third-order valence-electron chi connectivity index (χ3n) is 10.1. The average Bonchev–Trinajstić information content (AvgIpc) is 3.71. The van der Waals surface area contributed by atoms with E-state index in [1.165, 1.54) is 84.2 Å². The van der Waals surface area contributed by atoms with Crippen molar-refractivity contribution >= 4 is 52.8 Å². The van der Waals surface area contributed by atoms with Crippen molar-refractivity contribution in [1.82, 2.24) is 0 Å². The van der Waals surface area contributed by atoms with Gasteiger partial charge in [-0.15, -0.1) is 34.0 Å². The molecule has 0 saturated carbocycles. The maximum Gasteiger partial charge on any atom is 0.0642 e. The van der Waals surface area contributed by atoms with E-state index in [2.05, 4.69) is 180 Å². The van der Waals surface area contributed by atoms with Crippen LogP contribution in [0.1, 0.15) is 105 Å². The summed E-state index contributed by atoms with van der Waals surface area (Å²) in [6.45, 7) is 28.4. The topological polar surface area (TPSA) is 0 Å². The monoisotopic (exact) mass is 724 g/mol. The molecular formula is C48H52S3. The molecule has 51 heavy (non-hydrogen) atoms. The Kier molecular flexibility index (Phi) is 8.85. The third kappa shape index (κ3) is 6.34. The summed E-state index contributed by atoms with van der Waals surface area (Å²) >= 11 is 6.05. The maximum absolute atomic E-state index is 2.37. The lowest BCUT2D eigenvalue weighted by Crippen LogP contribution is -2.19. The maximum atomic E-state index is 2.37. The first-order chi connectivity index (χ1) is 23.9. The van der Waals surface area contributed by atoms with E-state index in [1.807, 2.05) is 34.0 Å². The summed E-state index contributed by atoms with van der Waals surface area (Å²) in [5.74, 6) is 0. The van der Waals surface area contributed by atoms with Crippen LogP contribution in [0.2, 0.25) is 0 Å². The molecule has 0 spiro atoms. The lowest BCUT2D eigenvalue weighted by Gasteiger charge is -2.30. The summed E-state index contributed by atoms with van der Waals surface area (Å²) in [7, 11) is 0. The van der Waals surface area contributed by atoms with Crippen molar-refractivity contribution in [3.8, 4) is 43.1 Å². The molecule has 0 unspecified atom stereocenters. The Bertz CT molecular complexity index is 2130. The molecule has 0 atom stereocenters. The Labute approximate surface area is 318 Å². The molecule has 4 aromatic carbocycles. The molecular weight excluding hydrogens is 673 g/mol. The van der Waals surface area contributed by atoms with E-state index < -0.39 is 0 Å². The van der Waals surface area contributed by atoms with Crippen LogP contribution in [0.3, 0.4) is 0 Å². The zero-order valence-corrected chi connectivity index (χ0v) is 34.9. The minimum absolute atomic E-state index is 0.00606. The van der Waals surface area contributed by atoms with Gasteiger partial charge < -0.3 is 0 Å². The fraction of sp³-hybridized carbons (Fsp3) is 0.333. The molecule has 262 valence electrons. The predicted octanol–water partition coefficient (Wildman–Crippen LogP) is 16.0. The molecule has 0 bridgehead atoms. The van der Waals surface area contributed by atoms with Crippen LogP contribution in [0.15, 0.2) is 97.1 Å². The van der Waals surface area contributed by atoms with Gasteiger partial charge in [0.15, 0.2) is 0 Å². The van der Waals surface area contributed by atoms with Gasteiger partial charge >= 0.3 is 0 Å². The van der Waals surface area contributed by atoms with E-state index in [1.54, 1.807) is 0 Å². The van der Waals surface area contributed by atoms with E-state index in [-0.39, 0.29) is 21.7 Å². The summed E-state index contributed by atoms with van der Waals surface area (Å²) in [4.78, 5) is 2.81. The number of rotatable bonds is 4. The van der Waals surface area contributed by atoms with E-state index in [4.69, 9.17) is 0 Å². The molecule has 0 nitrogen and oxygen atoms in total. The van der Waals surface area contributed by atoms with Crippen molar-refractivity contribution in [2.24, 2.45) is 0 Å². The zero-order valence-electron chi connectivity index (χ0n) is 32.5. The van der Waals surface area contributed by atoms with E-state index in [0.29, 0.717) is 0 Å². The smallest absolute Gasteiger partial charge is 0.0642 e. The van der Waals surface area contributed by atoms with Crippen LogP contribution < -0.4 is 0 Å². The minimum atomic E-state index is -0.00606. The van der Waals surface area contributed by atoms with Crippen molar-refractivity contribution in [3.05, 3.63) is 119 Å². The van der Waals surface area contributed by atoms with Gasteiger partial charge in [-0.05, 0) is 66.2 Å². The predicted molar refractivity (Wildman–Crippen MR) is 232 cm³/mol. The molecule has 0 amide bonds. The minimum Gasteiger partial charge on any atom is -0.132 e. The molecule has 0 radical (unpaired) electrons. The van der Waals surface area contributed by atoms with E-state index >= 15 is 0 Å². The van der Waals surface area contributed by atoms with Crippen LogP contribution in [-0.2, 0) is 21.7 Å². The largest absolute Gasteiger partial charge is 0.132 e. The van der Waals surface area contributed by atoms with E-state index in [0.717, 1.165) is 0 Å². The summed E-state index contributed by atoms with van der Waals surface area (Å²) in [5, 5.41) is 0. The summed E-state index contributed by atoms with van der Waals surface area (Å²) in [6.07, 6.45) is 0. The summed E-state index contributed by atoms with van der Waals surface area (Å²) in [5.41, 5.74) is 13.9. The van der Waals surface area contributed by atoms with E-state index in [9.17, 15) is 0 Å². The van der Waals surface area contributed by atoms with Crippen LogP contribution in [0, 0.1) is 0 Å². The third-order valence-corrected chi connectivity index (χ3v) is 14.1. The van der Waals surface area contributed by atoms with Gasteiger partial charge in [0.1, 0.15) is 0 Å². The first-order valence-electron chi connectivity index (χ1n) is 18.3. The van der Waals surface area contributed by atoms with Crippen LogP contribution in [0.25, 0.3) is 61.9 Å². The number of hydrogen-bond acceptors (Lipinski definition) is 3. The molecule has 0 aliphatic carbocycles. The van der Waals surface area contributed by atoms with Gasteiger partial charge in [0.2, 0.25) is 0 Å². The van der Waals surface area contributed by atoms with Crippen molar-refractivity contribution < 1.29 is 0 Å². The fourth-order valence-electron chi connectivity index (χ4n) is 7.61. The highest BCUT2D eigenvalue weighted by Gasteiger charge is 2.34. The van der Waals surface area contributed by atoms with Gasteiger partial charge in [-0.2, -0.15) is 0 Å². The Morgan fingerprint density at radius 3 is 0.863 bits per heavy atom. The zero-order chi connectivity index (χ0) is 36.7. The standard InChI is InChI=1S/C48H52S3/c1-45(2,3)31-25-19-26-32(46(4,5)6)37(31)39-35(29-21-15-13-16-22-29)41-43(49-39)44-42(51-41)36(30-23-17-14-18-24-30)40(50-44)38-33(47(7,8)9)27-20-28-34(38)48(10,11)12/h13-28H,1-12H3.